The maximum absolute atomic E-state index is 3.47. The van der Waals surface area contributed by atoms with Gasteiger partial charge < -0.3 is 0 Å². The highest BCUT2D eigenvalue weighted by molar-refractivity contribution is 9.10. The van der Waals surface area contributed by atoms with Gasteiger partial charge in [-0.25, -0.2) is 0 Å². The summed E-state index contributed by atoms with van der Waals surface area (Å²) in [6.45, 7) is 2.30. The first-order chi connectivity index (χ1) is 8.25. The molecule has 0 saturated heterocycles. The molecule has 0 heterocycles. The van der Waals surface area contributed by atoms with E-state index in [1.54, 1.807) is 0 Å². The fraction of sp³-hybridized carbons (Fsp3) is 0.250. The topological polar surface area (TPSA) is 0 Å². The quantitative estimate of drug-likeness (QED) is 0.727. The van der Waals surface area contributed by atoms with Gasteiger partial charge in [-0.15, -0.1) is 0 Å². The van der Waals surface area contributed by atoms with E-state index in [2.05, 4.69) is 77.5 Å². The molecule has 2 aromatic carbocycles. The van der Waals surface area contributed by atoms with Crippen LogP contribution >= 0.6 is 15.9 Å². The van der Waals surface area contributed by atoms with Crippen molar-refractivity contribution < 1.29 is 0 Å². The number of aryl methyl sites for hydroxylation is 1. The molecule has 0 aliphatic rings. The maximum atomic E-state index is 3.47. The van der Waals surface area contributed by atoms with Crippen molar-refractivity contribution >= 4 is 15.9 Å². The van der Waals surface area contributed by atoms with E-state index in [1.165, 1.54) is 17.5 Å². The summed E-state index contributed by atoms with van der Waals surface area (Å²) in [6.07, 6.45) is 2.35. The summed E-state index contributed by atoms with van der Waals surface area (Å²) in [7, 11) is 0. The Balaban J connectivity index is 1.93. The molecule has 0 nitrogen and oxygen atoms in total. The van der Waals surface area contributed by atoms with E-state index >= 15 is 0 Å². The lowest BCUT2D eigenvalue weighted by Crippen LogP contribution is -1.96. The summed E-state index contributed by atoms with van der Waals surface area (Å²) in [5.74, 6) is 0.614. The molecule has 0 amide bonds. The number of hydrogen-bond donors (Lipinski definition) is 0. The van der Waals surface area contributed by atoms with Crippen LogP contribution in [0.2, 0.25) is 0 Å². The first-order valence-corrected chi connectivity index (χ1v) is 6.84. The van der Waals surface area contributed by atoms with Gasteiger partial charge in [-0.3, -0.25) is 0 Å². The monoisotopic (exact) mass is 288 g/mol. The zero-order valence-electron chi connectivity index (χ0n) is 10.1. The van der Waals surface area contributed by atoms with Crippen molar-refractivity contribution in [3.05, 3.63) is 70.2 Å². The van der Waals surface area contributed by atoms with Crippen molar-refractivity contribution in [3.63, 3.8) is 0 Å². The molecule has 0 aliphatic heterocycles. The van der Waals surface area contributed by atoms with Gasteiger partial charge in [0.05, 0.1) is 0 Å². The molecule has 0 N–H and O–H groups in total. The second-order valence-electron chi connectivity index (χ2n) is 4.48. The van der Waals surface area contributed by atoms with Crippen LogP contribution in [0, 0.1) is 0 Å². The van der Waals surface area contributed by atoms with Crippen LogP contribution in [0.25, 0.3) is 0 Å². The molecule has 2 rings (SSSR count). The molecule has 0 radical (unpaired) electrons. The van der Waals surface area contributed by atoms with Gasteiger partial charge >= 0.3 is 0 Å². The molecule has 0 spiro atoms. The molecule has 0 bridgehead atoms. The van der Waals surface area contributed by atoms with Gasteiger partial charge in [-0.05, 0) is 42.0 Å². The van der Waals surface area contributed by atoms with Crippen LogP contribution in [-0.4, -0.2) is 0 Å². The van der Waals surface area contributed by atoms with E-state index in [0.717, 1.165) is 10.9 Å². The number of halogens is 1. The van der Waals surface area contributed by atoms with Gasteiger partial charge in [0.2, 0.25) is 0 Å². The van der Waals surface area contributed by atoms with E-state index in [4.69, 9.17) is 0 Å². The predicted molar refractivity (Wildman–Crippen MR) is 77.3 cm³/mol. The average molecular weight is 289 g/mol. The van der Waals surface area contributed by atoms with Crippen LogP contribution in [-0.2, 0) is 6.42 Å². The second kappa shape index (κ2) is 6.02. The predicted octanol–water partition coefficient (Wildman–Crippen LogP) is 5.19. The molecule has 2 aromatic rings. The van der Waals surface area contributed by atoms with Crippen LogP contribution in [0.3, 0.4) is 0 Å². The molecule has 0 saturated carbocycles. The third-order valence-corrected chi connectivity index (χ3v) is 3.68. The highest BCUT2D eigenvalue weighted by Gasteiger charge is 2.05. The largest absolute Gasteiger partial charge is 0.0622 e. The zero-order valence-corrected chi connectivity index (χ0v) is 11.7. The first-order valence-electron chi connectivity index (χ1n) is 6.05. The smallest absolute Gasteiger partial charge is 0.0175 e. The Morgan fingerprint density at radius 1 is 0.941 bits per heavy atom. The van der Waals surface area contributed by atoms with Gasteiger partial charge in [0.15, 0.2) is 0 Å². The summed E-state index contributed by atoms with van der Waals surface area (Å²) in [5, 5.41) is 0. The molecule has 0 fully saturated rings. The molecule has 1 heteroatoms. The highest BCUT2D eigenvalue weighted by atomic mass is 79.9. The normalized spacial score (nSPS) is 12.4. The molecule has 1 unspecified atom stereocenters. The Kier molecular flexibility index (Phi) is 4.38. The van der Waals surface area contributed by atoms with Crippen molar-refractivity contribution in [2.75, 3.05) is 0 Å². The zero-order chi connectivity index (χ0) is 12.1. The Morgan fingerprint density at radius 2 is 1.59 bits per heavy atom. The molecular weight excluding hydrogens is 272 g/mol. The van der Waals surface area contributed by atoms with Gasteiger partial charge in [0, 0.05) is 4.47 Å². The van der Waals surface area contributed by atoms with Crippen LogP contribution in [0.4, 0.5) is 0 Å². The highest BCUT2D eigenvalue weighted by Crippen LogP contribution is 2.22. The van der Waals surface area contributed by atoms with Gasteiger partial charge in [0.1, 0.15) is 0 Å². The SMILES string of the molecule is CC(CCc1ccccc1)c1ccc(Br)cc1. The Labute approximate surface area is 112 Å². The maximum Gasteiger partial charge on any atom is 0.0175 e. The Hall–Kier alpha value is -1.08. The van der Waals surface area contributed by atoms with Gasteiger partial charge in [-0.2, -0.15) is 0 Å². The lowest BCUT2D eigenvalue weighted by atomic mass is 9.94. The third kappa shape index (κ3) is 3.71. The van der Waals surface area contributed by atoms with Gasteiger partial charge in [0.25, 0.3) is 0 Å². The minimum absolute atomic E-state index is 0.614. The average Bonchev–Trinajstić information content (AvgIpc) is 2.38. The van der Waals surface area contributed by atoms with Crippen molar-refractivity contribution in [1.82, 2.24) is 0 Å². The van der Waals surface area contributed by atoms with Gasteiger partial charge in [-0.1, -0.05) is 65.3 Å². The first kappa shape index (κ1) is 12.4. The Bertz CT molecular complexity index is 445. The lowest BCUT2D eigenvalue weighted by molar-refractivity contribution is 0.679. The van der Waals surface area contributed by atoms with Crippen LogP contribution in [0.5, 0.6) is 0 Å². The molecule has 0 aromatic heterocycles. The van der Waals surface area contributed by atoms with Crippen molar-refractivity contribution in [2.45, 2.75) is 25.7 Å². The fourth-order valence-electron chi connectivity index (χ4n) is 1.99. The summed E-state index contributed by atoms with van der Waals surface area (Å²) >= 11 is 3.47. The summed E-state index contributed by atoms with van der Waals surface area (Å²) in [4.78, 5) is 0. The molecule has 1 atom stereocenters. The number of benzene rings is 2. The standard InChI is InChI=1S/C16H17Br/c1-13(15-9-11-16(17)12-10-15)7-8-14-5-3-2-4-6-14/h2-6,9-13H,7-8H2,1H3. The minimum atomic E-state index is 0.614. The van der Waals surface area contributed by atoms with E-state index in [1.807, 2.05) is 0 Å². The summed E-state index contributed by atoms with van der Waals surface area (Å²) < 4.78 is 1.15. The molecular formula is C16H17Br. The van der Waals surface area contributed by atoms with Crippen molar-refractivity contribution in [1.29, 1.82) is 0 Å². The van der Waals surface area contributed by atoms with E-state index in [-0.39, 0.29) is 0 Å². The molecule has 0 aliphatic carbocycles. The van der Waals surface area contributed by atoms with E-state index < -0.39 is 0 Å². The third-order valence-electron chi connectivity index (χ3n) is 3.15. The van der Waals surface area contributed by atoms with Crippen LogP contribution in [0.1, 0.15) is 30.4 Å². The number of rotatable bonds is 4. The van der Waals surface area contributed by atoms with Crippen molar-refractivity contribution in [2.24, 2.45) is 0 Å². The summed E-state index contributed by atoms with van der Waals surface area (Å²) in [5.41, 5.74) is 2.85. The Morgan fingerprint density at radius 3 is 2.24 bits per heavy atom. The van der Waals surface area contributed by atoms with Crippen LogP contribution in [0.15, 0.2) is 59.1 Å². The minimum Gasteiger partial charge on any atom is -0.0622 e. The fourth-order valence-corrected chi connectivity index (χ4v) is 2.25. The van der Waals surface area contributed by atoms with Crippen LogP contribution < -0.4 is 0 Å². The lowest BCUT2D eigenvalue weighted by Gasteiger charge is -2.11. The molecule has 17 heavy (non-hydrogen) atoms. The van der Waals surface area contributed by atoms with Crippen molar-refractivity contribution in [3.8, 4) is 0 Å². The number of hydrogen-bond acceptors (Lipinski definition) is 0. The summed E-state index contributed by atoms with van der Waals surface area (Å²) in [6, 6.07) is 19.4. The second-order valence-corrected chi connectivity index (χ2v) is 5.39. The molecule has 88 valence electrons. The van der Waals surface area contributed by atoms with E-state index in [9.17, 15) is 0 Å². The van der Waals surface area contributed by atoms with E-state index in [0.29, 0.717) is 5.92 Å².